The average molecular weight is 288 g/mol. The largest absolute Gasteiger partial charge is 0.492 e. The fourth-order valence-electron chi connectivity index (χ4n) is 1.65. The summed E-state index contributed by atoms with van der Waals surface area (Å²) in [5.41, 5.74) is 6.33. The third-order valence-corrected chi connectivity index (χ3v) is 2.56. The standard InChI is InChI=1S/C15H20N4O2/c1-11(2)21-15-9-14(18-10-19-15)17-7-8-20-13-5-3-12(16)4-6-13/h3-6,9-11H,7-8,16H2,1-2H3,(H,17,18,19). The summed E-state index contributed by atoms with van der Waals surface area (Å²) in [5.74, 6) is 2.06. The van der Waals surface area contributed by atoms with Gasteiger partial charge in [-0.15, -0.1) is 0 Å². The lowest BCUT2D eigenvalue weighted by atomic mass is 10.3. The molecular formula is C15H20N4O2. The molecule has 6 nitrogen and oxygen atoms in total. The zero-order chi connectivity index (χ0) is 15.1. The highest BCUT2D eigenvalue weighted by atomic mass is 16.5. The first kappa shape index (κ1) is 14.9. The van der Waals surface area contributed by atoms with Gasteiger partial charge in [-0.05, 0) is 38.1 Å². The summed E-state index contributed by atoms with van der Waals surface area (Å²) in [5, 5.41) is 3.16. The Balaban J connectivity index is 1.76. The molecule has 0 aliphatic heterocycles. The van der Waals surface area contributed by atoms with E-state index in [1.807, 2.05) is 38.1 Å². The summed E-state index contributed by atoms with van der Waals surface area (Å²) < 4.78 is 11.1. The summed E-state index contributed by atoms with van der Waals surface area (Å²) in [6, 6.07) is 9.07. The molecule has 6 heteroatoms. The molecule has 0 saturated carbocycles. The average Bonchev–Trinajstić information content (AvgIpc) is 2.45. The Kier molecular flexibility index (Phi) is 5.20. The van der Waals surface area contributed by atoms with Crippen LogP contribution in [0.15, 0.2) is 36.7 Å². The molecular weight excluding hydrogens is 268 g/mol. The number of anilines is 2. The lowest BCUT2D eigenvalue weighted by Crippen LogP contribution is -2.13. The van der Waals surface area contributed by atoms with E-state index in [1.165, 1.54) is 6.33 Å². The SMILES string of the molecule is CC(C)Oc1cc(NCCOc2ccc(N)cc2)ncn1. The molecule has 0 bridgehead atoms. The predicted octanol–water partition coefficient (Wildman–Crippen LogP) is 2.34. The Morgan fingerprint density at radius 2 is 1.95 bits per heavy atom. The van der Waals surface area contributed by atoms with Crippen LogP contribution in [0.5, 0.6) is 11.6 Å². The molecule has 0 atom stereocenters. The van der Waals surface area contributed by atoms with Gasteiger partial charge in [-0.25, -0.2) is 9.97 Å². The van der Waals surface area contributed by atoms with Crippen molar-refractivity contribution in [3.05, 3.63) is 36.7 Å². The van der Waals surface area contributed by atoms with Crippen molar-refractivity contribution < 1.29 is 9.47 Å². The minimum atomic E-state index is 0.0848. The molecule has 1 aromatic heterocycles. The van der Waals surface area contributed by atoms with Crippen molar-refractivity contribution in [2.75, 3.05) is 24.2 Å². The van der Waals surface area contributed by atoms with Crippen LogP contribution in [0.2, 0.25) is 0 Å². The second-order valence-corrected chi connectivity index (χ2v) is 4.75. The molecule has 0 amide bonds. The van der Waals surface area contributed by atoms with Gasteiger partial charge in [0, 0.05) is 11.8 Å². The van der Waals surface area contributed by atoms with Crippen LogP contribution in [0.1, 0.15) is 13.8 Å². The number of aromatic nitrogens is 2. The van der Waals surface area contributed by atoms with Crippen molar-refractivity contribution in [2.24, 2.45) is 0 Å². The van der Waals surface area contributed by atoms with Gasteiger partial charge in [0.15, 0.2) is 0 Å². The Bertz CT molecular complexity index is 558. The third-order valence-electron chi connectivity index (χ3n) is 2.56. The maximum Gasteiger partial charge on any atom is 0.218 e. The quantitative estimate of drug-likeness (QED) is 0.601. The fraction of sp³-hybridized carbons (Fsp3) is 0.333. The maximum atomic E-state index is 5.61. The molecule has 1 aromatic carbocycles. The van der Waals surface area contributed by atoms with E-state index in [2.05, 4.69) is 15.3 Å². The molecule has 112 valence electrons. The van der Waals surface area contributed by atoms with E-state index in [4.69, 9.17) is 15.2 Å². The van der Waals surface area contributed by atoms with Crippen LogP contribution in [-0.4, -0.2) is 29.2 Å². The zero-order valence-electron chi connectivity index (χ0n) is 12.2. The Morgan fingerprint density at radius 3 is 2.67 bits per heavy atom. The number of nitrogens with two attached hydrogens (primary N) is 1. The van der Waals surface area contributed by atoms with Crippen molar-refractivity contribution in [3.8, 4) is 11.6 Å². The van der Waals surface area contributed by atoms with Gasteiger partial charge in [-0.2, -0.15) is 0 Å². The van der Waals surface area contributed by atoms with Crippen LogP contribution >= 0.6 is 0 Å². The molecule has 0 fully saturated rings. The smallest absolute Gasteiger partial charge is 0.218 e. The van der Waals surface area contributed by atoms with Crippen LogP contribution in [0.4, 0.5) is 11.5 Å². The third kappa shape index (κ3) is 5.18. The molecule has 0 unspecified atom stereocenters. The van der Waals surface area contributed by atoms with E-state index < -0.39 is 0 Å². The minimum Gasteiger partial charge on any atom is -0.492 e. The van der Waals surface area contributed by atoms with E-state index in [9.17, 15) is 0 Å². The van der Waals surface area contributed by atoms with Crippen LogP contribution in [0.3, 0.4) is 0 Å². The topological polar surface area (TPSA) is 82.3 Å². The Hall–Kier alpha value is -2.50. The zero-order valence-corrected chi connectivity index (χ0v) is 12.2. The summed E-state index contributed by atoms with van der Waals surface area (Å²) in [6.07, 6.45) is 1.56. The second kappa shape index (κ2) is 7.33. The molecule has 2 aromatic rings. The van der Waals surface area contributed by atoms with Crippen molar-refractivity contribution in [1.82, 2.24) is 9.97 Å². The Labute approximate surface area is 124 Å². The van der Waals surface area contributed by atoms with Gasteiger partial charge in [-0.1, -0.05) is 0 Å². The fourth-order valence-corrected chi connectivity index (χ4v) is 1.65. The monoisotopic (exact) mass is 288 g/mol. The number of nitrogens with one attached hydrogen (secondary N) is 1. The molecule has 21 heavy (non-hydrogen) atoms. The van der Waals surface area contributed by atoms with Gasteiger partial charge in [-0.3, -0.25) is 0 Å². The van der Waals surface area contributed by atoms with E-state index in [0.29, 0.717) is 24.8 Å². The first-order valence-corrected chi connectivity index (χ1v) is 6.84. The molecule has 0 aliphatic carbocycles. The lowest BCUT2D eigenvalue weighted by molar-refractivity contribution is 0.232. The normalized spacial score (nSPS) is 10.4. The molecule has 2 rings (SSSR count). The molecule has 0 aliphatic rings. The van der Waals surface area contributed by atoms with Crippen molar-refractivity contribution in [2.45, 2.75) is 20.0 Å². The van der Waals surface area contributed by atoms with Gasteiger partial charge in [0.05, 0.1) is 12.6 Å². The number of ether oxygens (including phenoxy) is 2. The van der Waals surface area contributed by atoms with Crippen LogP contribution in [-0.2, 0) is 0 Å². The number of hydrogen-bond donors (Lipinski definition) is 2. The lowest BCUT2D eigenvalue weighted by Gasteiger charge is -2.11. The van der Waals surface area contributed by atoms with Gasteiger partial charge >= 0.3 is 0 Å². The summed E-state index contributed by atoms with van der Waals surface area (Å²) in [7, 11) is 0. The van der Waals surface area contributed by atoms with Gasteiger partial charge in [0.1, 0.15) is 24.5 Å². The summed E-state index contributed by atoms with van der Waals surface area (Å²) in [6.45, 7) is 5.06. The van der Waals surface area contributed by atoms with Gasteiger partial charge in [0.25, 0.3) is 0 Å². The predicted molar refractivity (Wildman–Crippen MR) is 82.6 cm³/mol. The summed E-state index contributed by atoms with van der Waals surface area (Å²) >= 11 is 0. The number of rotatable bonds is 7. The van der Waals surface area contributed by atoms with Gasteiger partial charge < -0.3 is 20.5 Å². The van der Waals surface area contributed by atoms with Crippen LogP contribution in [0.25, 0.3) is 0 Å². The first-order valence-electron chi connectivity index (χ1n) is 6.84. The van der Waals surface area contributed by atoms with Crippen molar-refractivity contribution in [1.29, 1.82) is 0 Å². The second-order valence-electron chi connectivity index (χ2n) is 4.75. The van der Waals surface area contributed by atoms with E-state index in [1.54, 1.807) is 6.07 Å². The number of hydrogen-bond acceptors (Lipinski definition) is 6. The molecule has 0 spiro atoms. The van der Waals surface area contributed by atoms with E-state index >= 15 is 0 Å². The van der Waals surface area contributed by atoms with Crippen molar-refractivity contribution in [3.63, 3.8) is 0 Å². The van der Waals surface area contributed by atoms with Crippen molar-refractivity contribution >= 4 is 11.5 Å². The number of nitrogens with zero attached hydrogens (tertiary/aromatic N) is 2. The maximum absolute atomic E-state index is 5.61. The molecule has 1 heterocycles. The van der Waals surface area contributed by atoms with Crippen LogP contribution in [0, 0.1) is 0 Å². The molecule has 0 radical (unpaired) electrons. The van der Waals surface area contributed by atoms with Crippen LogP contribution < -0.4 is 20.5 Å². The van der Waals surface area contributed by atoms with E-state index in [0.717, 1.165) is 11.4 Å². The highest BCUT2D eigenvalue weighted by Gasteiger charge is 2.01. The van der Waals surface area contributed by atoms with Gasteiger partial charge in [0.2, 0.25) is 5.88 Å². The summed E-state index contributed by atoms with van der Waals surface area (Å²) in [4.78, 5) is 8.18. The Morgan fingerprint density at radius 1 is 1.19 bits per heavy atom. The molecule has 0 saturated heterocycles. The number of nitrogen functional groups attached to an aromatic ring is 1. The van der Waals surface area contributed by atoms with E-state index in [-0.39, 0.29) is 6.10 Å². The molecule has 3 N–H and O–H groups in total. The first-order chi connectivity index (χ1) is 10.1. The number of benzene rings is 1. The minimum absolute atomic E-state index is 0.0848. The highest BCUT2D eigenvalue weighted by molar-refractivity contribution is 5.41. The highest BCUT2D eigenvalue weighted by Crippen LogP contribution is 2.14.